The Labute approximate surface area is 142 Å². The molecular formula is C15H23N3O5S. The zero-order chi connectivity index (χ0) is 17.7. The van der Waals surface area contributed by atoms with Gasteiger partial charge in [0.1, 0.15) is 5.75 Å². The predicted octanol–water partition coefficient (Wildman–Crippen LogP) is 1.12. The highest BCUT2D eigenvalue weighted by atomic mass is 32.2. The lowest BCUT2D eigenvalue weighted by molar-refractivity contribution is 0.0938. The number of carbonyl (C=O) groups excluding carboxylic acids is 1. The first kappa shape index (κ1) is 18.5. The monoisotopic (exact) mass is 357 g/mol. The fraction of sp³-hybridized carbons (Fsp3) is 0.533. The van der Waals surface area contributed by atoms with Crippen LogP contribution < -0.4 is 14.8 Å². The van der Waals surface area contributed by atoms with E-state index >= 15 is 0 Å². The molecule has 0 spiro atoms. The summed E-state index contributed by atoms with van der Waals surface area (Å²) in [4.78, 5) is 14.8. The highest BCUT2D eigenvalue weighted by Gasteiger charge is 2.24. The Hall–Kier alpha value is -1.84. The topological polar surface area (TPSA) is 108 Å². The van der Waals surface area contributed by atoms with Crippen LogP contribution in [0.5, 0.6) is 5.75 Å². The van der Waals surface area contributed by atoms with E-state index in [2.05, 4.69) is 17.1 Å². The van der Waals surface area contributed by atoms with E-state index in [1.54, 1.807) is 0 Å². The average Bonchev–Trinajstić information content (AvgIpc) is 2.98. The van der Waals surface area contributed by atoms with Crippen LogP contribution in [0.1, 0.15) is 30.1 Å². The molecule has 0 saturated carbocycles. The SMILES string of the molecule is CCN1CCCC1CNC(=O)c1cc(NS(=O)(=O)O)ccc1OC. The van der Waals surface area contributed by atoms with Crippen molar-refractivity contribution in [3.05, 3.63) is 23.8 Å². The van der Waals surface area contributed by atoms with Crippen molar-refractivity contribution in [2.24, 2.45) is 0 Å². The van der Waals surface area contributed by atoms with Crippen molar-refractivity contribution >= 4 is 21.9 Å². The summed E-state index contributed by atoms with van der Waals surface area (Å²) >= 11 is 0. The number of likely N-dealkylation sites (tertiary alicyclic amines) is 1. The normalized spacial score (nSPS) is 18.4. The number of benzene rings is 1. The van der Waals surface area contributed by atoms with Crippen LogP contribution in [0.15, 0.2) is 18.2 Å². The molecule has 1 aromatic carbocycles. The molecule has 1 aromatic rings. The summed E-state index contributed by atoms with van der Waals surface area (Å²) in [6.07, 6.45) is 2.15. The minimum Gasteiger partial charge on any atom is -0.496 e. The van der Waals surface area contributed by atoms with E-state index in [-0.39, 0.29) is 17.2 Å². The standard InChI is InChI=1S/C15H23N3O5S/c1-3-18-8-4-5-12(18)10-16-15(19)13-9-11(17-24(20,21)22)6-7-14(13)23-2/h6-7,9,12,17H,3-5,8,10H2,1-2H3,(H,16,19)(H,20,21,22). The number of anilines is 1. The van der Waals surface area contributed by atoms with Gasteiger partial charge in [0, 0.05) is 12.6 Å². The fourth-order valence-electron chi connectivity index (χ4n) is 2.95. The second kappa shape index (κ2) is 7.82. The summed E-state index contributed by atoms with van der Waals surface area (Å²) in [5.41, 5.74) is 0.284. The molecule has 0 aromatic heterocycles. The van der Waals surface area contributed by atoms with Gasteiger partial charge in [0.2, 0.25) is 0 Å². The van der Waals surface area contributed by atoms with Crippen LogP contribution in [0.4, 0.5) is 5.69 Å². The van der Waals surface area contributed by atoms with Gasteiger partial charge < -0.3 is 10.1 Å². The highest BCUT2D eigenvalue weighted by molar-refractivity contribution is 7.87. The summed E-state index contributed by atoms with van der Waals surface area (Å²) in [7, 11) is -2.98. The second-order valence-corrected chi connectivity index (χ2v) is 6.78. The Morgan fingerprint density at radius 3 is 2.83 bits per heavy atom. The zero-order valence-corrected chi connectivity index (χ0v) is 14.6. The lowest BCUT2D eigenvalue weighted by Gasteiger charge is -2.23. The largest absolute Gasteiger partial charge is 0.496 e. The Morgan fingerprint density at radius 1 is 1.46 bits per heavy atom. The van der Waals surface area contributed by atoms with Crippen molar-refractivity contribution in [2.45, 2.75) is 25.8 Å². The molecule has 1 unspecified atom stereocenters. The van der Waals surface area contributed by atoms with Crippen LogP contribution in [-0.4, -0.2) is 56.6 Å². The average molecular weight is 357 g/mol. The first-order valence-electron chi connectivity index (χ1n) is 7.79. The van der Waals surface area contributed by atoms with Gasteiger partial charge in [0.15, 0.2) is 0 Å². The number of methoxy groups -OCH3 is 1. The van der Waals surface area contributed by atoms with E-state index in [4.69, 9.17) is 9.29 Å². The Balaban J connectivity index is 2.10. The molecule has 8 nitrogen and oxygen atoms in total. The Morgan fingerprint density at radius 2 is 2.21 bits per heavy atom. The molecule has 24 heavy (non-hydrogen) atoms. The highest BCUT2D eigenvalue weighted by Crippen LogP contribution is 2.23. The molecule has 1 aliphatic heterocycles. The minimum absolute atomic E-state index is 0.0829. The van der Waals surface area contributed by atoms with Crippen molar-refractivity contribution in [3.63, 3.8) is 0 Å². The molecule has 1 fully saturated rings. The van der Waals surface area contributed by atoms with Gasteiger partial charge >= 0.3 is 10.3 Å². The van der Waals surface area contributed by atoms with Crippen molar-refractivity contribution in [2.75, 3.05) is 31.5 Å². The molecule has 3 N–H and O–H groups in total. The van der Waals surface area contributed by atoms with Gasteiger partial charge in [-0.1, -0.05) is 6.92 Å². The van der Waals surface area contributed by atoms with E-state index in [1.807, 2.05) is 4.72 Å². The first-order chi connectivity index (χ1) is 11.3. The number of carbonyl (C=O) groups is 1. The third-order valence-electron chi connectivity index (χ3n) is 4.09. The van der Waals surface area contributed by atoms with Gasteiger partial charge in [-0.3, -0.25) is 19.0 Å². The van der Waals surface area contributed by atoms with Crippen LogP contribution in [-0.2, 0) is 10.3 Å². The molecule has 134 valence electrons. The van der Waals surface area contributed by atoms with Gasteiger partial charge in [-0.05, 0) is 44.1 Å². The summed E-state index contributed by atoms with van der Waals surface area (Å²) in [5, 5.41) is 2.87. The van der Waals surface area contributed by atoms with Crippen LogP contribution in [0, 0.1) is 0 Å². The third-order valence-corrected chi connectivity index (χ3v) is 4.59. The van der Waals surface area contributed by atoms with E-state index in [9.17, 15) is 13.2 Å². The zero-order valence-electron chi connectivity index (χ0n) is 13.8. The van der Waals surface area contributed by atoms with Crippen molar-refractivity contribution in [3.8, 4) is 5.75 Å². The van der Waals surface area contributed by atoms with E-state index in [1.165, 1.54) is 25.3 Å². The summed E-state index contributed by atoms with van der Waals surface area (Å²) in [6.45, 7) is 4.59. The van der Waals surface area contributed by atoms with Crippen molar-refractivity contribution < 1.29 is 22.5 Å². The Bertz CT molecular complexity index is 692. The van der Waals surface area contributed by atoms with Crippen LogP contribution in [0.2, 0.25) is 0 Å². The number of hydrogen-bond acceptors (Lipinski definition) is 5. The lowest BCUT2D eigenvalue weighted by atomic mass is 10.1. The molecule has 0 bridgehead atoms. The van der Waals surface area contributed by atoms with Crippen LogP contribution >= 0.6 is 0 Å². The van der Waals surface area contributed by atoms with Gasteiger partial charge in [0.05, 0.1) is 18.4 Å². The maximum atomic E-state index is 12.4. The molecule has 0 aliphatic carbocycles. The predicted molar refractivity (Wildman–Crippen MR) is 90.8 cm³/mol. The van der Waals surface area contributed by atoms with Gasteiger partial charge in [-0.15, -0.1) is 0 Å². The van der Waals surface area contributed by atoms with Crippen molar-refractivity contribution in [1.29, 1.82) is 0 Å². The lowest BCUT2D eigenvalue weighted by Crippen LogP contribution is -2.40. The smallest absolute Gasteiger partial charge is 0.357 e. The number of likely N-dealkylation sites (N-methyl/N-ethyl adjacent to an activating group) is 1. The third kappa shape index (κ3) is 4.83. The van der Waals surface area contributed by atoms with Gasteiger partial charge in [-0.25, -0.2) is 0 Å². The molecule has 1 aliphatic rings. The van der Waals surface area contributed by atoms with Crippen molar-refractivity contribution in [1.82, 2.24) is 10.2 Å². The first-order valence-corrected chi connectivity index (χ1v) is 9.23. The maximum Gasteiger partial charge on any atom is 0.357 e. The van der Waals surface area contributed by atoms with Crippen LogP contribution in [0.25, 0.3) is 0 Å². The minimum atomic E-state index is -4.40. The van der Waals surface area contributed by atoms with E-state index < -0.39 is 10.3 Å². The quantitative estimate of drug-likeness (QED) is 0.631. The number of nitrogens with one attached hydrogen (secondary N) is 2. The summed E-state index contributed by atoms with van der Waals surface area (Å²) in [5.74, 6) is -0.0269. The van der Waals surface area contributed by atoms with Gasteiger partial charge in [-0.2, -0.15) is 8.42 Å². The van der Waals surface area contributed by atoms with E-state index in [0.717, 1.165) is 25.9 Å². The van der Waals surface area contributed by atoms with Crippen LogP contribution in [0.3, 0.4) is 0 Å². The maximum absolute atomic E-state index is 12.4. The number of amides is 1. The summed E-state index contributed by atoms with van der Waals surface area (Å²) < 4.78 is 37.8. The van der Waals surface area contributed by atoms with Gasteiger partial charge in [0.25, 0.3) is 5.91 Å². The fourth-order valence-corrected chi connectivity index (χ4v) is 3.37. The number of hydrogen-bond donors (Lipinski definition) is 3. The second-order valence-electron chi connectivity index (χ2n) is 5.63. The molecule has 1 atom stereocenters. The molecule has 1 heterocycles. The summed E-state index contributed by atoms with van der Waals surface area (Å²) in [6, 6.07) is 4.51. The molecule has 1 saturated heterocycles. The number of rotatable bonds is 7. The molecule has 9 heteroatoms. The molecular weight excluding hydrogens is 334 g/mol. The molecule has 2 rings (SSSR count). The number of ether oxygens (including phenoxy) is 1. The Kier molecular flexibility index (Phi) is 6.03. The molecule has 1 amide bonds. The number of nitrogens with zero attached hydrogens (tertiary/aromatic N) is 1. The van der Waals surface area contributed by atoms with E-state index in [0.29, 0.717) is 18.3 Å². The molecule has 0 radical (unpaired) electrons.